The minimum atomic E-state index is -0.165. The smallest absolute Gasteiger partial charge is 0.274 e. The molecule has 0 spiro atoms. The number of carbonyl (C=O) groups is 2. The summed E-state index contributed by atoms with van der Waals surface area (Å²) >= 11 is 1.44. The number of hydrogen-bond donors (Lipinski definition) is 0. The Labute approximate surface area is 178 Å². The Kier molecular flexibility index (Phi) is 5.99. The molecule has 3 aromatic rings. The van der Waals surface area contributed by atoms with Gasteiger partial charge in [0.1, 0.15) is 22.1 Å². The number of amides is 2. The van der Waals surface area contributed by atoms with Crippen LogP contribution in [-0.4, -0.2) is 69.4 Å². The van der Waals surface area contributed by atoms with Gasteiger partial charge in [-0.2, -0.15) is 0 Å². The summed E-state index contributed by atoms with van der Waals surface area (Å²) in [5, 5.41) is 2.57. The van der Waals surface area contributed by atoms with E-state index >= 15 is 0 Å². The topological polar surface area (TPSA) is 88.5 Å². The first kappa shape index (κ1) is 20.0. The molecule has 0 aliphatic carbocycles. The molecule has 0 saturated carbocycles. The van der Waals surface area contributed by atoms with E-state index in [1.807, 2.05) is 31.2 Å². The van der Waals surface area contributed by atoms with Gasteiger partial charge in [0.2, 0.25) is 0 Å². The maximum Gasteiger partial charge on any atom is 0.274 e. The average Bonchev–Trinajstić information content (AvgIpc) is 3.30. The van der Waals surface area contributed by atoms with Crippen molar-refractivity contribution in [3.8, 4) is 16.3 Å². The highest BCUT2D eigenvalue weighted by Crippen LogP contribution is 2.26. The number of ether oxygens (including phenoxy) is 1. The van der Waals surface area contributed by atoms with Crippen molar-refractivity contribution in [1.29, 1.82) is 0 Å². The molecule has 0 atom stereocenters. The van der Waals surface area contributed by atoms with Crippen molar-refractivity contribution in [2.45, 2.75) is 6.92 Å². The van der Waals surface area contributed by atoms with Crippen LogP contribution in [0.5, 0.6) is 5.75 Å². The summed E-state index contributed by atoms with van der Waals surface area (Å²) in [4.78, 5) is 41.3. The van der Waals surface area contributed by atoms with E-state index in [0.717, 1.165) is 16.3 Å². The molecular weight excluding hydrogens is 402 g/mol. The molecule has 1 aliphatic rings. The number of aromatic nitrogens is 3. The normalized spacial score (nSPS) is 13.9. The number of rotatable bonds is 5. The van der Waals surface area contributed by atoms with E-state index in [9.17, 15) is 9.59 Å². The zero-order chi connectivity index (χ0) is 20.9. The van der Waals surface area contributed by atoms with Crippen LogP contribution in [0.15, 0.2) is 48.2 Å². The van der Waals surface area contributed by atoms with Crippen LogP contribution in [0.3, 0.4) is 0 Å². The maximum atomic E-state index is 12.9. The molecule has 1 saturated heterocycles. The summed E-state index contributed by atoms with van der Waals surface area (Å²) in [6.07, 6.45) is 4.48. The lowest BCUT2D eigenvalue weighted by atomic mass is 10.2. The van der Waals surface area contributed by atoms with Crippen LogP contribution in [0.2, 0.25) is 0 Å². The second-order valence-corrected chi connectivity index (χ2v) is 7.53. The van der Waals surface area contributed by atoms with Gasteiger partial charge in [-0.25, -0.2) is 9.97 Å². The van der Waals surface area contributed by atoms with Crippen molar-refractivity contribution in [1.82, 2.24) is 24.8 Å². The van der Waals surface area contributed by atoms with Crippen molar-refractivity contribution in [2.24, 2.45) is 0 Å². The first-order valence-electron chi connectivity index (χ1n) is 9.69. The lowest BCUT2D eigenvalue weighted by Gasteiger charge is -2.34. The molecule has 30 heavy (non-hydrogen) atoms. The minimum absolute atomic E-state index is 0.116. The van der Waals surface area contributed by atoms with Gasteiger partial charge in [0, 0.05) is 49.5 Å². The van der Waals surface area contributed by atoms with Crippen molar-refractivity contribution in [2.75, 3.05) is 32.8 Å². The van der Waals surface area contributed by atoms with Crippen LogP contribution in [-0.2, 0) is 0 Å². The second-order valence-electron chi connectivity index (χ2n) is 6.67. The van der Waals surface area contributed by atoms with Crippen LogP contribution >= 0.6 is 11.3 Å². The third-order valence-corrected chi connectivity index (χ3v) is 5.66. The Bertz CT molecular complexity index is 1010. The van der Waals surface area contributed by atoms with Crippen molar-refractivity contribution in [3.63, 3.8) is 0 Å². The largest absolute Gasteiger partial charge is 0.494 e. The summed E-state index contributed by atoms with van der Waals surface area (Å²) in [5.74, 6) is 0.527. The number of hydrogen-bond acceptors (Lipinski definition) is 7. The van der Waals surface area contributed by atoms with Gasteiger partial charge in [-0.05, 0) is 31.2 Å². The Morgan fingerprint density at radius 2 is 1.67 bits per heavy atom. The highest BCUT2D eigenvalue weighted by atomic mass is 32.1. The molecule has 1 aliphatic heterocycles. The molecule has 1 fully saturated rings. The molecule has 0 N–H and O–H groups in total. The van der Waals surface area contributed by atoms with E-state index in [2.05, 4.69) is 15.0 Å². The molecule has 9 heteroatoms. The maximum absolute atomic E-state index is 12.9. The van der Waals surface area contributed by atoms with Crippen molar-refractivity contribution in [3.05, 3.63) is 59.6 Å². The van der Waals surface area contributed by atoms with Crippen LogP contribution < -0.4 is 4.74 Å². The molecule has 0 unspecified atom stereocenters. The monoisotopic (exact) mass is 423 g/mol. The fourth-order valence-electron chi connectivity index (χ4n) is 3.21. The third-order valence-electron chi connectivity index (χ3n) is 4.77. The molecule has 154 valence electrons. The van der Waals surface area contributed by atoms with E-state index in [1.165, 1.54) is 29.9 Å². The molecule has 2 aromatic heterocycles. The van der Waals surface area contributed by atoms with Crippen LogP contribution in [0.4, 0.5) is 0 Å². The Morgan fingerprint density at radius 3 is 2.27 bits per heavy atom. The van der Waals surface area contributed by atoms with E-state index in [1.54, 1.807) is 15.2 Å². The first-order valence-corrected chi connectivity index (χ1v) is 10.6. The predicted octanol–water partition coefficient (Wildman–Crippen LogP) is 2.60. The molecule has 4 rings (SSSR count). The van der Waals surface area contributed by atoms with E-state index in [-0.39, 0.29) is 11.8 Å². The summed E-state index contributed by atoms with van der Waals surface area (Å²) in [6.45, 7) is 4.39. The molecule has 2 amide bonds. The SMILES string of the molecule is CCOc1ccc(-c2nc(C(=O)N3CCN(C(=O)c4cnccn4)CC3)cs2)cc1. The fraction of sp³-hybridized carbons (Fsp3) is 0.286. The summed E-state index contributed by atoms with van der Waals surface area (Å²) in [6, 6.07) is 7.67. The van der Waals surface area contributed by atoms with E-state index in [4.69, 9.17) is 4.74 Å². The molecule has 8 nitrogen and oxygen atoms in total. The van der Waals surface area contributed by atoms with Gasteiger partial charge in [-0.1, -0.05) is 0 Å². The molecule has 0 bridgehead atoms. The van der Waals surface area contributed by atoms with E-state index < -0.39 is 0 Å². The molecule has 0 radical (unpaired) electrons. The summed E-state index contributed by atoms with van der Waals surface area (Å²) < 4.78 is 5.46. The quantitative estimate of drug-likeness (QED) is 0.627. The fourth-order valence-corrected chi connectivity index (χ4v) is 4.01. The van der Waals surface area contributed by atoms with Gasteiger partial charge in [0.25, 0.3) is 11.8 Å². The van der Waals surface area contributed by atoms with Crippen LogP contribution in [0.1, 0.15) is 27.9 Å². The number of piperazine rings is 1. The Hall–Kier alpha value is -3.33. The van der Waals surface area contributed by atoms with Gasteiger partial charge >= 0.3 is 0 Å². The second kappa shape index (κ2) is 9.00. The molecule has 3 heterocycles. The lowest BCUT2D eigenvalue weighted by Crippen LogP contribution is -2.50. The van der Waals surface area contributed by atoms with Gasteiger partial charge in [-0.15, -0.1) is 11.3 Å². The number of benzene rings is 1. The molecular formula is C21H21N5O3S. The van der Waals surface area contributed by atoms with Gasteiger partial charge in [-0.3, -0.25) is 14.6 Å². The zero-order valence-electron chi connectivity index (χ0n) is 16.5. The van der Waals surface area contributed by atoms with Crippen molar-refractivity contribution < 1.29 is 14.3 Å². The number of nitrogens with zero attached hydrogens (tertiary/aromatic N) is 5. The summed E-state index contributed by atoms with van der Waals surface area (Å²) in [7, 11) is 0. The third kappa shape index (κ3) is 4.30. The minimum Gasteiger partial charge on any atom is -0.494 e. The Balaban J connectivity index is 1.37. The number of carbonyl (C=O) groups excluding carboxylic acids is 2. The van der Waals surface area contributed by atoms with Crippen LogP contribution in [0.25, 0.3) is 10.6 Å². The van der Waals surface area contributed by atoms with Gasteiger partial charge in [0.15, 0.2) is 0 Å². The predicted molar refractivity (Wildman–Crippen MR) is 113 cm³/mol. The molecule has 1 aromatic carbocycles. The van der Waals surface area contributed by atoms with Gasteiger partial charge < -0.3 is 14.5 Å². The average molecular weight is 423 g/mol. The first-order chi connectivity index (χ1) is 14.7. The van der Waals surface area contributed by atoms with Gasteiger partial charge in [0.05, 0.1) is 12.8 Å². The number of thiazole rings is 1. The van der Waals surface area contributed by atoms with E-state index in [0.29, 0.717) is 44.2 Å². The standard InChI is InChI=1S/C21H21N5O3S/c1-2-29-16-5-3-15(4-6-16)19-24-18(14-30-19)21(28)26-11-9-25(10-12-26)20(27)17-13-22-7-8-23-17/h3-8,13-14H,2,9-12H2,1H3. The highest BCUT2D eigenvalue weighted by Gasteiger charge is 2.27. The highest BCUT2D eigenvalue weighted by molar-refractivity contribution is 7.13. The van der Waals surface area contributed by atoms with Crippen molar-refractivity contribution >= 4 is 23.2 Å². The summed E-state index contributed by atoms with van der Waals surface area (Å²) in [5.41, 5.74) is 1.69. The zero-order valence-corrected chi connectivity index (χ0v) is 17.3. The lowest BCUT2D eigenvalue weighted by molar-refractivity contribution is 0.0529. The Morgan fingerprint density at radius 1 is 1.00 bits per heavy atom. The van der Waals surface area contributed by atoms with Crippen LogP contribution in [0, 0.1) is 0 Å².